The third-order valence-corrected chi connectivity index (χ3v) is 7.33. The minimum absolute atomic E-state index is 0.140. The van der Waals surface area contributed by atoms with Gasteiger partial charge >= 0.3 is 6.09 Å². The van der Waals surface area contributed by atoms with Gasteiger partial charge in [-0.3, -0.25) is 4.90 Å². The second-order valence-corrected chi connectivity index (χ2v) is 11.8. The van der Waals surface area contributed by atoms with E-state index in [2.05, 4.69) is 30.1 Å². The number of aromatic amines is 1. The summed E-state index contributed by atoms with van der Waals surface area (Å²) in [5.41, 5.74) is 7.14. The Bertz CT molecular complexity index is 1360. The quantitative estimate of drug-likeness (QED) is 0.367. The van der Waals surface area contributed by atoms with Crippen LogP contribution in [0, 0.1) is 5.92 Å². The molecule has 0 saturated carbocycles. The number of carbonyl (C=O) groups is 1. The fourth-order valence-corrected chi connectivity index (χ4v) is 5.50. The molecule has 1 amide bonds. The number of benzene rings is 2. The maximum Gasteiger partial charge on any atom is 0.410 e. The van der Waals surface area contributed by atoms with Crippen molar-refractivity contribution >= 4 is 17.7 Å². The summed E-state index contributed by atoms with van der Waals surface area (Å²) >= 11 is 6.21. The average molecular weight is 538 g/mol. The lowest BCUT2D eigenvalue weighted by molar-refractivity contribution is 0.0102. The highest BCUT2D eigenvalue weighted by molar-refractivity contribution is 6.30. The minimum atomic E-state index is -0.593. The highest BCUT2D eigenvalue weighted by Crippen LogP contribution is 2.44. The summed E-state index contributed by atoms with van der Waals surface area (Å²) in [6.07, 6.45) is 1.35. The normalized spacial score (nSPS) is 15.3. The summed E-state index contributed by atoms with van der Waals surface area (Å²) in [5, 5.41) is 0.717. The number of hydrogen-bond donors (Lipinski definition) is 1. The standard InChI is InChI=1S/C30H36ClN3O4/c1-17(15-36-6)14-34(29(35)38-30(3,4)5)18(2)28-32-25-10-7-19-12-24-22-9-8-21(31)11-20(22)16-37-26(24)13-23(19)27(25)33-28/h8-9,11-13,17-18H,7,10,14-16H2,1-6H3,(H,32,33)/t17-,18-/m0/s1. The molecule has 202 valence electrons. The monoisotopic (exact) mass is 537 g/mol. The molecular formula is C30H36ClN3O4. The van der Waals surface area contributed by atoms with Crippen LogP contribution in [0.1, 0.15) is 63.3 Å². The van der Waals surface area contributed by atoms with Gasteiger partial charge in [-0.2, -0.15) is 0 Å². The van der Waals surface area contributed by atoms with Crippen LogP contribution in [0.25, 0.3) is 22.4 Å². The van der Waals surface area contributed by atoms with Gasteiger partial charge in [0.05, 0.1) is 24.0 Å². The lowest BCUT2D eigenvalue weighted by Gasteiger charge is -2.32. The molecule has 1 aliphatic carbocycles. The first-order chi connectivity index (χ1) is 18.0. The Morgan fingerprint density at radius 1 is 1.13 bits per heavy atom. The van der Waals surface area contributed by atoms with E-state index in [1.165, 1.54) is 11.1 Å². The van der Waals surface area contributed by atoms with Gasteiger partial charge in [0.2, 0.25) is 0 Å². The number of imidazole rings is 1. The largest absolute Gasteiger partial charge is 0.488 e. The smallest absolute Gasteiger partial charge is 0.410 e. The molecule has 38 heavy (non-hydrogen) atoms. The minimum Gasteiger partial charge on any atom is -0.488 e. The number of methoxy groups -OCH3 is 1. The number of aromatic nitrogens is 2. The van der Waals surface area contributed by atoms with Crippen LogP contribution >= 0.6 is 11.6 Å². The zero-order valence-corrected chi connectivity index (χ0v) is 23.7. The third-order valence-electron chi connectivity index (χ3n) is 7.09. The Balaban J connectivity index is 1.47. The predicted octanol–water partition coefficient (Wildman–Crippen LogP) is 6.97. The molecule has 0 unspecified atom stereocenters. The van der Waals surface area contributed by atoms with Crippen LogP contribution in [0.15, 0.2) is 30.3 Å². The topological polar surface area (TPSA) is 76.7 Å². The number of hydrogen-bond acceptors (Lipinski definition) is 5. The molecule has 0 saturated heterocycles. The van der Waals surface area contributed by atoms with Gasteiger partial charge in [-0.15, -0.1) is 0 Å². The zero-order valence-electron chi connectivity index (χ0n) is 23.0. The van der Waals surface area contributed by atoms with Crippen molar-refractivity contribution in [2.75, 3.05) is 20.3 Å². The first kappa shape index (κ1) is 26.6. The first-order valence-electron chi connectivity index (χ1n) is 13.2. The van der Waals surface area contributed by atoms with E-state index in [1.54, 1.807) is 12.0 Å². The predicted molar refractivity (Wildman–Crippen MR) is 149 cm³/mol. The Labute approximate surface area is 229 Å². The van der Waals surface area contributed by atoms with E-state index < -0.39 is 5.60 Å². The van der Waals surface area contributed by atoms with Crippen LogP contribution in [0.2, 0.25) is 5.02 Å². The first-order valence-corrected chi connectivity index (χ1v) is 13.6. The highest BCUT2D eigenvalue weighted by atomic mass is 35.5. The molecule has 3 aromatic rings. The van der Waals surface area contributed by atoms with Gasteiger partial charge in [0.15, 0.2) is 0 Å². The lowest BCUT2D eigenvalue weighted by Crippen LogP contribution is -2.41. The second kappa shape index (κ2) is 10.3. The average Bonchev–Trinajstić information content (AvgIpc) is 3.29. The van der Waals surface area contributed by atoms with Gasteiger partial charge < -0.3 is 19.2 Å². The van der Waals surface area contributed by atoms with Crippen molar-refractivity contribution in [3.8, 4) is 28.1 Å². The number of nitrogens with one attached hydrogen (secondary N) is 1. The van der Waals surface area contributed by atoms with Crippen LogP contribution in [0.4, 0.5) is 4.79 Å². The summed E-state index contributed by atoms with van der Waals surface area (Å²) in [4.78, 5) is 23.5. The number of halogens is 1. The molecule has 2 heterocycles. The lowest BCUT2D eigenvalue weighted by atomic mass is 9.87. The molecule has 0 fully saturated rings. The van der Waals surface area contributed by atoms with E-state index in [9.17, 15) is 4.79 Å². The SMILES string of the molecule is COC[C@@H](C)CN(C(=O)OC(C)(C)C)[C@@H](C)c1nc2c([nH]1)-c1cc3c(cc1CC2)-c1ccc(Cl)cc1CO3. The van der Waals surface area contributed by atoms with E-state index in [4.69, 9.17) is 30.8 Å². The van der Waals surface area contributed by atoms with Crippen LogP contribution in [-0.2, 0) is 28.9 Å². The van der Waals surface area contributed by atoms with Crippen molar-refractivity contribution in [2.45, 2.75) is 65.7 Å². The zero-order chi connectivity index (χ0) is 27.2. The number of fused-ring (bicyclic) bond motifs is 6. The number of ether oxygens (including phenoxy) is 3. The molecule has 0 radical (unpaired) electrons. The van der Waals surface area contributed by atoms with Crippen LogP contribution in [0.3, 0.4) is 0 Å². The summed E-state index contributed by atoms with van der Waals surface area (Å²) < 4.78 is 17.2. The Morgan fingerprint density at radius 2 is 1.92 bits per heavy atom. The van der Waals surface area contributed by atoms with Crippen molar-refractivity contribution in [3.05, 3.63) is 58.0 Å². The molecule has 5 rings (SSSR count). The van der Waals surface area contributed by atoms with Gasteiger partial charge in [-0.25, -0.2) is 9.78 Å². The molecule has 0 spiro atoms. The summed E-state index contributed by atoms with van der Waals surface area (Å²) in [6, 6.07) is 10.0. The Morgan fingerprint density at radius 3 is 2.66 bits per heavy atom. The third kappa shape index (κ3) is 5.27. The van der Waals surface area contributed by atoms with Crippen molar-refractivity contribution in [1.29, 1.82) is 0 Å². The molecule has 2 atom stereocenters. The molecule has 2 aliphatic rings. The number of aryl methyl sites for hydroxylation is 2. The molecule has 8 heteroatoms. The molecule has 1 aliphatic heterocycles. The Hall–Kier alpha value is -3.03. The number of amides is 1. The maximum atomic E-state index is 13.2. The van der Waals surface area contributed by atoms with Gasteiger partial charge in [-0.1, -0.05) is 24.6 Å². The molecular weight excluding hydrogens is 502 g/mol. The van der Waals surface area contributed by atoms with Crippen molar-refractivity contribution in [3.63, 3.8) is 0 Å². The summed E-state index contributed by atoms with van der Waals surface area (Å²) in [5.74, 6) is 1.75. The van der Waals surface area contributed by atoms with Gasteiger partial charge in [0, 0.05) is 29.8 Å². The number of carbonyl (C=O) groups excluding carboxylic acids is 1. The molecule has 0 bridgehead atoms. The van der Waals surface area contributed by atoms with Crippen molar-refractivity contribution in [1.82, 2.24) is 14.9 Å². The van der Waals surface area contributed by atoms with E-state index in [1.807, 2.05) is 39.8 Å². The number of H-pyrrole nitrogens is 1. The summed E-state index contributed by atoms with van der Waals surface area (Å²) in [7, 11) is 1.67. The van der Waals surface area contributed by atoms with Crippen LogP contribution < -0.4 is 4.74 Å². The van der Waals surface area contributed by atoms with E-state index in [0.717, 1.165) is 57.5 Å². The van der Waals surface area contributed by atoms with E-state index in [0.29, 0.717) is 19.8 Å². The summed E-state index contributed by atoms with van der Waals surface area (Å²) in [6.45, 7) is 11.2. The maximum absolute atomic E-state index is 13.2. The molecule has 1 N–H and O–H groups in total. The van der Waals surface area contributed by atoms with Gasteiger partial charge in [0.1, 0.15) is 23.8 Å². The second-order valence-electron chi connectivity index (χ2n) is 11.4. The van der Waals surface area contributed by atoms with Crippen LogP contribution in [0.5, 0.6) is 5.75 Å². The van der Waals surface area contributed by atoms with E-state index in [-0.39, 0.29) is 18.1 Å². The fourth-order valence-electron chi connectivity index (χ4n) is 5.31. The molecule has 7 nitrogen and oxygen atoms in total. The number of nitrogens with zero attached hydrogens (tertiary/aromatic N) is 2. The van der Waals surface area contributed by atoms with E-state index >= 15 is 0 Å². The highest BCUT2D eigenvalue weighted by Gasteiger charge is 2.32. The molecule has 1 aromatic heterocycles. The van der Waals surface area contributed by atoms with Crippen molar-refractivity contribution in [2.24, 2.45) is 5.92 Å². The fraction of sp³-hybridized carbons (Fsp3) is 0.467. The molecule has 2 aromatic carbocycles. The van der Waals surface area contributed by atoms with Gasteiger partial charge in [-0.05, 0) is 87.4 Å². The van der Waals surface area contributed by atoms with Crippen molar-refractivity contribution < 1.29 is 19.0 Å². The Kier molecular flexibility index (Phi) is 7.18. The van der Waals surface area contributed by atoms with Gasteiger partial charge in [0.25, 0.3) is 0 Å². The number of rotatable bonds is 6. The van der Waals surface area contributed by atoms with Crippen LogP contribution in [-0.4, -0.2) is 46.8 Å².